The highest BCUT2D eigenvalue weighted by molar-refractivity contribution is 9.10. The molecule has 0 unspecified atom stereocenters. The van der Waals surface area contributed by atoms with E-state index >= 15 is 0 Å². The number of nitrogens with one attached hydrogen (secondary N) is 2. The standard InChI is InChI=1S/C19H21BrN2O2/c1-13(2)14-7-9-15(10-8-14)18(23)21-11-12-22-19(24)16-5-3-4-6-17(16)20/h3-10,13H,11-12H2,1-2H3,(H,21,23)(H,22,24). The van der Waals surface area contributed by atoms with Gasteiger partial charge in [0.25, 0.3) is 11.8 Å². The molecule has 0 fully saturated rings. The van der Waals surface area contributed by atoms with Crippen LogP contribution < -0.4 is 10.6 Å². The Labute approximate surface area is 150 Å². The van der Waals surface area contributed by atoms with Gasteiger partial charge in [0.1, 0.15) is 0 Å². The first-order valence-electron chi connectivity index (χ1n) is 7.90. The van der Waals surface area contributed by atoms with Gasteiger partial charge in [-0.3, -0.25) is 9.59 Å². The summed E-state index contributed by atoms with van der Waals surface area (Å²) in [7, 11) is 0. The van der Waals surface area contributed by atoms with Gasteiger partial charge in [-0.25, -0.2) is 0 Å². The Morgan fingerprint density at radius 3 is 2.08 bits per heavy atom. The molecule has 2 rings (SSSR count). The Balaban J connectivity index is 1.78. The summed E-state index contributed by atoms with van der Waals surface area (Å²) in [5.41, 5.74) is 2.40. The first-order chi connectivity index (χ1) is 11.5. The van der Waals surface area contributed by atoms with Crippen LogP contribution in [0.4, 0.5) is 0 Å². The van der Waals surface area contributed by atoms with Crippen LogP contribution in [-0.4, -0.2) is 24.9 Å². The second-order valence-corrected chi connectivity index (χ2v) is 6.62. The molecule has 0 aliphatic rings. The minimum atomic E-state index is -0.169. The van der Waals surface area contributed by atoms with Gasteiger partial charge >= 0.3 is 0 Å². The first kappa shape index (κ1) is 18.2. The molecule has 0 aromatic heterocycles. The highest BCUT2D eigenvalue weighted by atomic mass is 79.9. The number of hydrogen-bond donors (Lipinski definition) is 2. The number of amides is 2. The Bertz CT molecular complexity index is 712. The lowest BCUT2D eigenvalue weighted by Gasteiger charge is -2.09. The van der Waals surface area contributed by atoms with Crippen molar-refractivity contribution in [2.24, 2.45) is 0 Å². The molecule has 0 heterocycles. The van der Waals surface area contributed by atoms with E-state index in [1.807, 2.05) is 42.5 Å². The van der Waals surface area contributed by atoms with Gasteiger partial charge in [0.05, 0.1) is 5.56 Å². The molecule has 2 aromatic rings. The third-order valence-corrected chi connectivity index (χ3v) is 4.35. The molecule has 24 heavy (non-hydrogen) atoms. The zero-order chi connectivity index (χ0) is 17.5. The SMILES string of the molecule is CC(C)c1ccc(C(=O)NCCNC(=O)c2ccccc2Br)cc1. The largest absolute Gasteiger partial charge is 0.350 e. The van der Waals surface area contributed by atoms with Crippen LogP contribution in [-0.2, 0) is 0 Å². The van der Waals surface area contributed by atoms with Gasteiger partial charge in [0.15, 0.2) is 0 Å². The maximum absolute atomic E-state index is 12.1. The van der Waals surface area contributed by atoms with Crippen LogP contribution in [0.25, 0.3) is 0 Å². The van der Waals surface area contributed by atoms with E-state index in [-0.39, 0.29) is 11.8 Å². The average molecular weight is 389 g/mol. The molecule has 2 N–H and O–H groups in total. The first-order valence-corrected chi connectivity index (χ1v) is 8.69. The molecular formula is C19H21BrN2O2. The molecule has 0 bridgehead atoms. The second kappa shape index (κ2) is 8.64. The van der Waals surface area contributed by atoms with Crippen LogP contribution in [0.5, 0.6) is 0 Å². The van der Waals surface area contributed by atoms with Crippen molar-refractivity contribution in [1.29, 1.82) is 0 Å². The van der Waals surface area contributed by atoms with Gasteiger partial charge in [0, 0.05) is 23.1 Å². The number of halogens is 1. The Morgan fingerprint density at radius 1 is 0.917 bits per heavy atom. The van der Waals surface area contributed by atoms with Crippen LogP contribution in [0.3, 0.4) is 0 Å². The predicted octanol–water partition coefficient (Wildman–Crippen LogP) is 3.73. The van der Waals surface area contributed by atoms with Crippen molar-refractivity contribution in [3.05, 3.63) is 69.7 Å². The lowest BCUT2D eigenvalue weighted by Crippen LogP contribution is -2.34. The van der Waals surface area contributed by atoms with E-state index in [0.29, 0.717) is 30.1 Å². The average Bonchev–Trinajstić information content (AvgIpc) is 2.58. The highest BCUT2D eigenvalue weighted by Gasteiger charge is 2.09. The molecule has 2 amide bonds. The Kier molecular flexibility index (Phi) is 6.55. The molecule has 0 spiro atoms. The van der Waals surface area contributed by atoms with Crippen LogP contribution >= 0.6 is 15.9 Å². The van der Waals surface area contributed by atoms with E-state index in [2.05, 4.69) is 40.4 Å². The van der Waals surface area contributed by atoms with Crippen LogP contribution in [0.15, 0.2) is 53.0 Å². The summed E-state index contributed by atoms with van der Waals surface area (Å²) in [4.78, 5) is 24.1. The van der Waals surface area contributed by atoms with Gasteiger partial charge in [-0.05, 0) is 51.7 Å². The van der Waals surface area contributed by atoms with E-state index in [1.54, 1.807) is 6.07 Å². The number of rotatable bonds is 6. The topological polar surface area (TPSA) is 58.2 Å². The third kappa shape index (κ3) is 4.93. The quantitative estimate of drug-likeness (QED) is 0.740. The van der Waals surface area contributed by atoms with Crippen LogP contribution in [0, 0.1) is 0 Å². The Hall–Kier alpha value is -2.14. The van der Waals surface area contributed by atoms with Crippen LogP contribution in [0.2, 0.25) is 0 Å². The fraction of sp³-hybridized carbons (Fsp3) is 0.263. The number of carbonyl (C=O) groups is 2. The predicted molar refractivity (Wildman–Crippen MR) is 99.3 cm³/mol. The van der Waals surface area contributed by atoms with Crippen molar-refractivity contribution >= 4 is 27.7 Å². The van der Waals surface area contributed by atoms with Gasteiger partial charge in [0.2, 0.25) is 0 Å². The normalized spacial score (nSPS) is 10.5. The highest BCUT2D eigenvalue weighted by Crippen LogP contribution is 2.15. The zero-order valence-corrected chi connectivity index (χ0v) is 15.4. The van der Waals surface area contributed by atoms with E-state index in [4.69, 9.17) is 0 Å². The monoisotopic (exact) mass is 388 g/mol. The van der Waals surface area contributed by atoms with E-state index in [0.717, 1.165) is 4.47 Å². The molecule has 0 aliphatic heterocycles. The third-order valence-electron chi connectivity index (χ3n) is 3.65. The van der Waals surface area contributed by atoms with Crippen molar-refractivity contribution in [3.8, 4) is 0 Å². The molecular weight excluding hydrogens is 368 g/mol. The fourth-order valence-electron chi connectivity index (χ4n) is 2.21. The van der Waals surface area contributed by atoms with E-state index < -0.39 is 0 Å². The van der Waals surface area contributed by atoms with Crippen molar-refractivity contribution in [3.63, 3.8) is 0 Å². The maximum atomic E-state index is 12.1. The molecule has 0 saturated heterocycles. The summed E-state index contributed by atoms with van der Waals surface area (Å²) in [6, 6.07) is 14.8. The zero-order valence-electron chi connectivity index (χ0n) is 13.8. The molecule has 0 aliphatic carbocycles. The molecule has 0 saturated carbocycles. The molecule has 0 radical (unpaired) electrons. The summed E-state index contributed by atoms with van der Waals surface area (Å²) in [6.45, 7) is 4.97. The van der Waals surface area contributed by atoms with Crippen LogP contribution in [0.1, 0.15) is 46.0 Å². The summed E-state index contributed by atoms with van der Waals surface area (Å²) >= 11 is 3.34. The summed E-state index contributed by atoms with van der Waals surface area (Å²) in [6.07, 6.45) is 0. The summed E-state index contributed by atoms with van der Waals surface area (Å²) in [5.74, 6) is 0.132. The fourth-order valence-corrected chi connectivity index (χ4v) is 2.68. The van der Waals surface area contributed by atoms with Crippen molar-refractivity contribution in [2.45, 2.75) is 19.8 Å². The minimum Gasteiger partial charge on any atom is -0.350 e. The molecule has 126 valence electrons. The van der Waals surface area contributed by atoms with Gasteiger partial charge in [-0.1, -0.05) is 38.1 Å². The summed E-state index contributed by atoms with van der Waals surface area (Å²) < 4.78 is 0.747. The van der Waals surface area contributed by atoms with Gasteiger partial charge in [-0.15, -0.1) is 0 Å². The number of carbonyl (C=O) groups excluding carboxylic acids is 2. The second-order valence-electron chi connectivity index (χ2n) is 5.77. The van der Waals surface area contributed by atoms with Crippen molar-refractivity contribution in [1.82, 2.24) is 10.6 Å². The Morgan fingerprint density at radius 2 is 1.50 bits per heavy atom. The van der Waals surface area contributed by atoms with E-state index in [1.165, 1.54) is 5.56 Å². The van der Waals surface area contributed by atoms with Gasteiger partial charge < -0.3 is 10.6 Å². The molecule has 0 atom stereocenters. The minimum absolute atomic E-state index is 0.138. The van der Waals surface area contributed by atoms with Crippen molar-refractivity contribution < 1.29 is 9.59 Å². The maximum Gasteiger partial charge on any atom is 0.252 e. The number of hydrogen-bond acceptors (Lipinski definition) is 2. The molecule has 4 nitrogen and oxygen atoms in total. The molecule has 2 aromatic carbocycles. The van der Waals surface area contributed by atoms with E-state index in [9.17, 15) is 9.59 Å². The van der Waals surface area contributed by atoms with Crippen molar-refractivity contribution in [2.75, 3.05) is 13.1 Å². The smallest absolute Gasteiger partial charge is 0.252 e. The summed E-state index contributed by atoms with van der Waals surface area (Å²) in [5, 5.41) is 5.59. The van der Waals surface area contributed by atoms with Gasteiger partial charge in [-0.2, -0.15) is 0 Å². The lowest BCUT2D eigenvalue weighted by molar-refractivity contribution is 0.0927. The number of benzene rings is 2. The lowest BCUT2D eigenvalue weighted by atomic mass is 10.0. The molecule has 5 heteroatoms.